The Morgan fingerprint density at radius 1 is 0.957 bits per heavy atom. The molecule has 0 aliphatic carbocycles. The molecule has 4 nitrogen and oxygen atoms in total. The number of nitrogens with zero attached hydrogens (tertiary/aromatic N) is 2. The van der Waals surface area contributed by atoms with E-state index >= 15 is 0 Å². The van der Waals surface area contributed by atoms with Gasteiger partial charge in [0, 0.05) is 29.7 Å². The van der Waals surface area contributed by atoms with E-state index in [9.17, 15) is 4.79 Å². The molecule has 0 atom stereocenters. The Kier molecular flexibility index (Phi) is 3.82. The van der Waals surface area contributed by atoms with Crippen LogP contribution in [0.4, 0.5) is 0 Å². The van der Waals surface area contributed by atoms with E-state index < -0.39 is 0 Å². The molecule has 0 radical (unpaired) electrons. The maximum absolute atomic E-state index is 12.2. The number of aromatic amines is 1. The van der Waals surface area contributed by atoms with Gasteiger partial charge in [-0.1, -0.05) is 45.0 Å². The van der Waals surface area contributed by atoms with Gasteiger partial charge in [0.1, 0.15) is 0 Å². The zero-order chi connectivity index (χ0) is 16.4. The quantitative estimate of drug-likeness (QED) is 0.783. The normalized spacial score (nSPS) is 11.4. The summed E-state index contributed by atoms with van der Waals surface area (Å²) in [6.45, 7) is 6.51. The molecule has 116 valence electrons. The van der Waals surface area contributed by atoms with Crippen molar-refractivity contribution in [3.63, 3.8) is 0 Å². The third-order valence-electron chi connectivity index (χ3n) is 3.79. The lowest BCUT2D eigenvalue weighted by atomic mass is 9.86. The summed E-state index contributed by atoms with van der Waals surface area (Å²) in [5.74, 6) is 0.594. The van der Waals surface area contributed by atoms with Gasteiger partial charge in [-0.3, -0.25) is 4.79 Å². The first-order valence-corrected chi connectivity index (χ1v) is 7.56. The summed E-state index contributed by atoms with van der Waals surface area (Å²) in [5.41, 5.74) is 3.51. The Balaban J connectivity index is 2.05. The van der Waals surface area contributed by atoms with Crippen LogP contribution < -0.4 is 5.56 Å². The summed E-state index contributed by atoms with van der Waals surface area (Å²) in [6, 6.07) is 11.7. The third-order valence-corrected chi connectivity index (χ3v) is 3.79. The average molecular weight is 305 g/mol. The lowest BCUT2D eigenvalue weighted by Crippen LogP contribution is -2.11. The van der Waals surface area contributed by atoms with Crippen molar-refractivity contribution < 1.29 is 0 Å². The van der Waals surface area contributed by atoms with Crippen LogP contribution in [-0.4, -0.2) is 15.0 Å². The van der Waals surface area contributed by atoms with Gasteiger partial charge in [-0.15, -0.1) is 0 Å². The summed E-state index contributed by atoms with van der Waals surface area (Å²) in [4.78, 5) is 23.4. The van der Waals surface area contributed by atoms with E-state index in [2.05, 4.69) is 47.9 Å². The molecule has 0 saturated carbocycles. The van der Waals surface area contributed by atoms with E-state index in [1.54, 1.807) is 24.7 Å². The van der Waals surface area contributed by atoms with Crippen molar-refractivity contribution in [1.29, 1.82) is 0 Å². The van der Waals surface area contributed by atoms with Gasteiger partial charge in [-0.2, -0.15) is 0 Å². The summed E-state index contributed by atoms with van der Waals surface area (Å²) in [5, 5.41) is 0. The number of H-pyrrole nitrogens is 1. The van der Waals surface area contributed by atoms with Crippen molar-refractivity contribution >= 4 is 0 Å². The van der Waals surface area contributed by atoms with E-state index in [0.717, 1.165) is 11.1 Å². The highest BCUT2D eigenvalue weighted by Crippen LogP contribution is 2.26. The van der Waals surface area contributed by atoms with Gasteiger partial charge < -0.3 is 4.98 Å². The standard InChI is InChI=1S/C19H19N3O/c1-19(2,3)15-7-5-13(6-8-15)16-11-14(12-22-18(16)23)17-20-9-4-10-21-17/h4-12H,1-3H3,(H,22,23). The molecule has 0 amide bonds. The first-order valence-electron chi connectivity index (χ1n) is 7.56. The number of benzene rings is 1. The molecule has 1 N–H and O–H groups in total. The number of rotatable bonds is 2. The van der Waals surface area contributed by atoms with Crippen LogP contribution in [-0.2, 0) is 5.41 Å². The number of hydrogen-bond acceptors (Lipinski definition) is 3. The Bertz CT molecular complexity index is 860. The van der Waals surface area contributed by atoms with Gasteiger partial charge in [0.05, 0.1) is 0 Å². The van der Waals surface area contributed by atoms with Gasteiger partial charge in [-0.05, 0) is 28.7 Å². The molecule has 0 saturated heterocycles. The first-order chi connectivity index (χ1) is 10.9. The second-order valence-corrected chi connectivity index (χ2v) is 6.53. The topological polar surface area (TPSA) is 58.6 Å². The number of hydrogen-bond donors (Lipinski definition) is 1. The molecule has 2 heterocycles. The molecule has 0 aliphatic heterocycles. The SMILES string of the molecule is CC(C)(C)c1ccc(-c2cc(-c3ncccn3)c[nH]c2=O)cc1. The summed E-state index contributed by atoms with van der Waals surface area (Å²) < 4.78 is 0. The maximum Gasteiger partial charge on any atom is 0.255 e. The van der Waals surface area contributed by atoms with Gasteiger partial charge in [0.15, 0.2) is 5.82 Å². The molecule has 0 unspecified atom stereocenters. The van der Waals surface area contributed by atoms with Crippen molar-refractivity contribution in [2.45, 2.75) is 26.2 Å². The smallest absolute Gasteiger partial charge is 0.255 e. The minimum absolute atomic E-state index is 0.0880. The van der Waals surface area contributed by atoms with E-state index in [0.29, 0.717) is 11.4 Å². The second kappa shape index (κ2) is 5.80. The maximum atomic E-state index is 12.2. The second-order valence-electron chi connectivity index (χ2n) is 6.53. The Morgan fingerprint density at radius 3 is 2.22 bits per heavy atom. The van der Waals surface area contributed by atoms with E-state index in [1.807, 2.05) is 18.2 Å². The molecule has 3 rings (SSSR count). The fourth-order valence-electron chi connectivity index (χ4n) is 2.43. The zero-order valence-corrected chi connectivity index (χ0v) is 13.5. The highest BCUT2D eigenvalue weighted by Gasteiger charge is 2.14. The van der Waals surface area contributed by atoms with Gasteiger partial charge in [-0.25, -0.2) is 9.97 Å². The number of nitrogens with one attached hydrogen (secondary N) is 1. The van der Waals surface area contributed by atoms with Crippen LogP contribution in [0.1, 0.15) is 26.3 Å². The summed E-state index contributed by atoms with van der Waals surface area (Å²) in [6.07, 6.45) is 5.02. The van der Waals surface area contributed by atoms with Gasteiger partial charge >= 0.3 is 0 Å². The first kappa shape index (κ1) is 15.2. The molecule has 2 aromatic heterocycles. The number of aromatic nitrogens is 3. The van der Waals surface area contributed by atoms with Crippen molar-refractivity contribution in [2.24, 2.45) is 0 Å². The molecule has 0 bridgehead atoms. The van der Waals surface area contributed by atoms with Crippen molar-refractivity contribution in [3.05, 3.63) is 70.9 Å². The molecule has 0 spiro atoms. The van der Waals surface area contributed by atoms with E-state index in [1.165, 1.54) is 5.56 Å². The van der Waals surface area contributed by atoms with Crippen LogP contribution in [0.5, 0.6) is 0 Å². The van der Waals surface area contributed by atoms with E-state index in [-0.39, 0.29) is 11.0 Å². The minimum atomic E-state index is -0.117. The molecule has 3 aromatic rings. The molecule has 4 heteroatoms. The molecule has 0 fully saturated rings. The minimum Gasteiger partial charge on any atom is -0.328 e. The van der Waals surface area contributed by atoms with Crippen LogP contribution in [0.3, 0.4) is 0 Å². The average Bonchev–Trinajstić information content (AvgIpc) is 2.55. The van der Waals surface area contributed by atoms with Crippen LogP contribution in [0.25, 0.3) is 22.5 Å². The largest absolute Gasteiger partial charge is 0.328 e. The summed E-state index contributed by atoms with van der Waals surface area (Å²) >= 11 is 0. The van der Waals surface area contributed by atoms with Crippen LogP contribution >= 0.6 is 0 Å². The van der Waals surface area contributed by atoms with E-state index in [4.69, 9.17) is 0 Å². The van der Waals surface area contributed by atoms with Crippen LogP contribution in [0, 0.1) is 0 Å². The van der Waals surface area contributed by atoms with Crippen molar-refractivity contribution in [1.82, 2.24) is 15.0 Å². The Morgan fingerprint density at radius 2 is 1.61 bits per heavy atom. The van der Waals surface area contributed by atoms with Gasteiger partial charge in [0.2, 0.25) is 0 Å². The predicted molar refractivity (Wildman–Crippen MR) is 92.2 cm³/mol. The lowest BCUT2D eigenvalue weighted by Gasteiger charge is -2.19. The number of pyridine rings is 1. The molecular weight excluding hydrogens is 286 g/mol. The van der Waals surface area contributed by atoms with Crippen molar-refractivity contribution in [2.75, 3.05) is 0 Å². The predicted octanol–water partition coefficient (Wildman–Crippen LogP) is 3.80. The fourth-order valence-corrected chi connectivity index (χ4v) is 2.43. The Hall–Kier alpha value is -2.75. The fraction of sp³-hybridized carbons (Fsp3) is 0.211. The molecule has 0 aliphatic rings. The molecule has 1 aromatic carbocycles. The highest BCUT2D eigenvalue weighted by molar-refractivity contribution is 5.68. The van der Waals surface area contributed by atoms with Crippen molar-refractivity contribution in [3.8, 4) is 22.5 Å². The third kappa shape index (κ3) is 3.21. The highest BCUT2D eigenvalue weighted by atomic mass is 16.1. The van der Waals surface area contributed by atoms with Gasteiger partial charge in [0.25, 0.3) is 5.56 Å². The zero-order valence-electron chi connectivity index (χ0n) is 13.5. The lowest BCUT2D eigenvalue weighted by molar-refractivity contribution is 0.590. The summed E-state index contributed by atoms with van der Waals surface area (Å²) in [7, 11) is 0. The monoisotopic (exact) mass is 305 g/mol. The molecular formula is C19H19N3O. The van der Waals surface area contributed by atoms with Crippen LogP contribution in [0.2, 0.25) is 0 Å². The Labute approximate surface area is 135 Å². The van der Waals surface area contributed by atoms with Crippen LogP contribution in [0.15, 0.2) is 59.8 Å². The molecule has 23 heavy (non-hydrogen) atoms.